The van der Waals surface area contributed by atoms with Gasteiger partial charge in [0, 0.05) is 12.8 Å². The number of hydrogen-bond donors (Lipinski definition) is 8. The molecule has 0 saturated carbocycles. The number of carboxylic acids is 2. The van der Waals surface area contributed by atoms with E-state index in [9.17, 15) is 38.7 Å². The van der Waals surface area contributed by atoms with Gasteiger partial charge in [-0.15, -0.1) is 0 Å². The maximum absolute atomic E-state index is 12.7. The molecule has 4 atom stereocenters. The lowest BCUT2D eigenvalue weighted by Gasteiger charge is -2.25. The molecule has 0 saturated heterocycles. The SMILES string of the molecule is CC(C)C(N)C(=O)NC(CCC(N)=O)C(=O)NC(CC(=O)O)C(=O)NC(CCC(N)=O)C(=O)O. The first-order valence-corrected chi connectivity index (χ1v) is 10.3. The smallest absolute Gasteiger partial charge is 0.326 e. The Morgan fingerprint density at radius 1 is 0.706 bits per heavy atom. The summed E-state index contributed by atoms with van der Waals surface area (Å²) in [6.45, 7) is 3.32. The molecule has 15 nitrogen and oxygen atoms in total. The normalized spacial score (nSPS) is 14.2. The molecule has 0 aliphatic rings. The lowest BCUT2D eigenvalue weighted by Crippen LogP contribution is -2.58. The van der Waals surface area contributed by atoms with E-state index in [0.29, 0.717) is 0 Å². The fourth-order valence-corrected chi connectivity index (χ4v) is 2.60. The van der Waals surface area contributed by atoms with Crippen molar-refractivity contribution >= 4 is 41.5 Å². The van der Waals surface area contributed by atoms with E-state index in [0.717, 1.165) is 0 Å². The van der Waals surface area contributed by atoms with Crippen LogP contribution in [0.4, 0.5) is 0 Å². The number of carboxylic acid groups (broad SMARTS) is 2. The molecule has 0 aliphatic heterocycles. The second kappa shape index (κ2) is 14.4. The minimum absolute atomic E-state index is 0.268. The standard InChI is InChI=1S/C19H32N6O9/c1-8(2)15(22)18(32)23-9(3-5-12(20)26)16(30)25-11(7-14(28)29)17(31)24-10(19(33)34)4-6-13(21)27/h8-11,15H,3-7,22H2,1-2H3,(H2,20,26)(H2,21,27)(H,23,32)(H,24,31)(H,25,30)(H,28,29)(H,33,34). The molecule has 0 spiro atoms. The second-order valence-corrected chi connectivity index (χ2v) is 7.90. The third-order valence-corrected chi connectivity index (χ3v) is 4.64. The molecule has 11 N–H and O–H groups in total. The van der Waals surface area contributed by atoms with Crippen LogP contribution in [0.5, 0.6) is 0 Å². The molecule has 0 aliphatic carbocycles. The fraction of sp³-hybridized carbons (Fsp3) is 0.632. The second-order valence-electron chi connectivity index (χ2n) is 7.90. The molecule has 5 amide bonds. The lowest BCUT2D eigenvalue weighted by molar-refractivity contribution is -0.143. The number of primary amides is 2. The molecule has 0 bridgehead atoms. The van der Waals surface area contributed by atoms with Crippen molar-refractivity contribution in [2.75, 3.05) is 0 Å². The Kier molecular flexibility index (Phi) is 12.8. The molecule has 4 unspecified atom stereocenters. The third-order valence-electron chi connectivity index (χ3n) is 4.64. The van der Waals surface area contributed by atoms with Crippen LogP contribution < -0.4 is 33.2 Å². The van der Waals surface area contributed by atoms with Crippen molar-refractivity contribution in [3.63, 3.8) is 0 Å². The van der Waals surface area contributed by atoms with Gasteiger partial charge in [0.1, 0.15) is 18.1 Å². The van der Waals surface area contributed by atoms with Gasteiger partial charge in [-0.2, -0.15) is 0 Å². The molecule has 0 radical (unpaired) electrons. The molecular weight excluding hydrogens is 456 g/mol. The van der Waals surface area contributed by atoms with E-state index in [-0.39, 0.29) is 31.6 Å². The predicted molar refractivity (Wildman–Crippen MR) is 115 cm³/mol. The maximum atomic E-state index is 12.7. The molecule has 0 aromatic heterocycles. The van der Waals surface area contributed by atoms with Crippen LogP contribution >= 0.6 is 0 Å². The summed E-state index contributed by atoms with van der Waals surface area (Å²) in [4.78, 5) is 82.1. The van der Waals surface area contributed by atoms with Gasteiger partial charge in [-0.3, -0.25) is 28.8 Å². The van der Waals surface area contributed by atoms with Crippen LogP contribution in [-0.4, -0.2) is 75.9 Å². The Labute approximate surface area is 195 Å². The lowest BCUT2D eigenvalue weighted by atomic mass is 10.0. The summed E-state index contributed by atoms with van der Waals surface area (Å²) < 4.78 is 0. The Morgan fingerprint density at radius 3 is 1.53 bits per heavy atom. The van der Waals surface area contributed by atoms with Crippen LogP contribution in [0.2, 0.25) is 0 Å². The van der Waals surface area contributed by atoms with Gasteiger partial charge in [0.05, 0.1) is 12.5 Å². The Hall–Kier alpha value is -3.75. The Bertz CT molecular complexity index is 801. The van der Waals surface area contributed by atoms with Crippen LogP contribution in [0, 0.1) is 5.92 Å². The monoisotopic (exact) mass is 488 g/mol. The largest absolute Gasteiger partial charge is 0.481 e. The molecule has 192 valence electrons. The number of rotatable bonds is 16. The Morgan fingerprint density at radius 2 is 1.12 bits per heavy atom. The van der Waals surface area contributed by atoms with E-state index >= 15 is 0 Å². The van der Waals surface area contributed by atoms with E-state index in [2.05, 4.69) is 10.6 Å². The molecule has 15 heteroatoms. The molecule has 0 rings (SSSR count). The number of carbonyl (C=O) groups is 7. The fourth-order valence-electron chi connectivity index (χ4n) is 2.60. The van der Waals surface area contributed by atoms with Gasteiger partial charge in [-0.25, -0.2) is 4.79 Å². The third kappa shape index (κ3) is 11.8. The number of nitrogens with one attached hydrogen (secondary N) is 3. The number of hydrogen-bond acceptors (Lipinski definition) is 8. The van der Waals surface area contributed by atoms with E-state index in [1.165, 1.54) is 0 Å². The van der Waals surface area contributed by atoms with Gasteiger partial charge in [0.15, 0.2) is 0 Å². The van der Waals surface area contributed by atoms with Crippen LogP contribution in [0.1, 0.15) is 46.0 Å². The molecular formula is C19H32N6O9. The highest BCUT2D eigenvalue weighted by Gasteiger charge is 2.32. The summed E-state index contributed by atoms with van der Waals surface area (Å²) in [5.41, 5.74) is 15.8. The van der Waals surface area contributed by atoms with E-state index in [1.807, 2.05) is 5.32 Å². The van der Waals surface area contributed by atoms with Crippen molar-refractivity contribution < 1.29 is 43.8 Å². The highest BCUT2D eigenvalue weighted by Crippen LogP contribution is 2.05. The quantitative estimate of drug-likeness (QED) is 0.106. The minimum Gasteiger partial charge on any atom is -0.481 e. The van der Waals surface area contributed by atoms with Crippen LogP contribution in [0.3, 0.4) is 0 Å². The van der Waals surface area contributed by atoms with E-state index in [4.69, 9.17) is 22.3 Å². The van der Waals surface area contributed by atoms with E-state index < -0.39 is 72.1 Å². The summed E-state index contributed by atoms with van der Waals surface area (Å²) in [6.07, 6.45) is -2.25. The van der Waals surface area contributed by atoms with Crippen molar-refractivity contribution in [1.82, 2.24) is 16.0 Å². The number of aliphatic carboxylic acids is 2. The summed E-state index contributed by atoms with van der Waals surface area (Å²) >= 11 is 0. The molecule has 0 aromatic rings. The predicted octanol–water partition coefficient (Wildman–Crippen LogP) is -3.49. The number of nitrogens with two attached hydrogens (primary N) is 3. The molecule has 0 aromatic carbocycles. The summed E-state index contributed by atoms with van der Waals surface area (Å²) in [5, 5.41) is 24.8. The number of amides is 5. The van der Waals surface area contributed by atoms with Crippen molar-refractivity contribution in [3.05, 3.63) is 0 Å². The van der Waals surface area contributed by atoms with Gasteiger partial charge in [-0.05, 0) is 18.8 Å². The molecule has 0 heterocycles. The van der Waals surface area contributed by atoms with E-state index in [1.54, 1.807) is 13.8 Å². The first-order chi connectivity index (χ1) is 15.6. The Balaban J connectivity index is 5.59. The van der Waals surface area contributed by atoms with Crippen molar-refractivity contribution in [2.24, 2.45) is 23.1 Å². The zero-order valence-electron chi connectivity index (χ0n) is 18.9. The summed E-state index contributed by atoms with van der Waals surface area (Å²) in [5.74, 6) is -7.80. The van der Waals surface area contributed by atoms with Crippen LogP contribution in [0.25, 0.3) is 0 Å². The van der Waals surface area contributed by atoms with Gasteiger partial charge in [-0.1, -0.05) is 13.8 Å². The highest BCUT2D eigenvalue weighted by molar-refractivity contribution is 5.96. The van der Waals surface area contributed by atoms with Crippen molar-refractivity contribution in [1.29, 1.82) is 0 Å². The van der Waals surface area contributed by atoms with Gasteiger partial charge >= 0.3 is 11.9 Å². The average Bonchev–Trinajstić information content (AvgIpc) is 2.71. The first-order valence-electron chi connectivity index (χ1n) is 10.3. The average molecular weight is 488 g/mol. The van der Waals surface area contributed by atoms with Crippen LogP contribution in [-0.2, 0) is 33.6 Å². The maximum Gasteiger partial charge on any atom is 0.326 e. The van der Waals surface area contributed by atoms with Crippen molar-refractivity contribution in [2.45, 2.75) is 70.1 Å². The number of carbonyl (C=O) groups excluding carboxylic acids is 5. The van der Waals surface area contributed by atoms with Gasteiger partial charge in [0.2, 0.25) is 29.5 Å². The molecule has 0 fully saturated rings. The highest BCUT2D eigenvalue weighted by atomic mass is 16.4. The first kappa shape index (κ1) is 30.2. The minimum atomic E-state index is -1.74. The zero-order chi connectivity index (χ0) is 26.6. The van der Waals surface area contributed by atoms with Gasteiger partial charge in [0.25, 0.3) is 0 Å². The van der Waals surface area contributed by atoms with Crippen molar-refractivity contribution in [3.8, 4) is 0 Å². The van der Waals surface area contributed by atoms with Gasteiger partial charge < -0.3 is 43.4 Å². The summed E-state index contributed by atoms with van der Waals surface area (Å²) in [6, 6.07) is -5.71. The zero-order valence-corrected chi connectivity index (χ0v) is 18.9. The molecule has 34 heavy (non-hydrogen) atoms. The van der Waals surface area contributed by atoms with Crippen LogP contribution in [0.15, 0.2) is 0 Å². The topological polar surface area (TPSA) is 274 Å². The summed E-state index contributed by atoms with van der Waals surface area (Å²) in [7, 11) is 0.